The van der Waals surface area contributed by atoms with Crippen LogP contribution in [0, 0.1) is 5.92 Å². The van der Waals surface area contributed by atoms with Gasteiger partial charge in [-0.1, -0.05) is 13.8 Å². The van der Waals surface area contributed by atoms with E-state index in [1.54, 1.807) is 11.3 Å². The molecule has 1 aromatic heterocycles. The number of rotatable bonds is 5. The monoisotopic (exact) mass is 254 g/mol. The van der Waals surface area contributed by atoms with Crippen molar-refractivity contribution < 1.29 is 4.74 Å². The number of nitrogens with zero attached hydrogens (tertiary/aromatic N) is 2. The molecule has 96 valence electrons. The van der Waals surface area contributed by atoms with Crippen molar-refractivity contribution in [3.05, 3.63) is 16.1 Å². The maximum atomic E-state index is 5.40. The van der Waals surface area contributed by atoms with Gasteiger partial charge in [-0.2, -0.15) is 0 Å². The topological polar surface area (TPSA) is 25.4 Å². The van der Waals surface area contributed by atoms with Crippen LogP contribution < -0.4 is 0 Å². The number of hydrogen-bond acceptors (Lipinski definition) is 4. The molecule has 0 amide bonds. The molecule has 0 radical (unpaired) electrons. The van der Waals surface area contributed by atoms with Gasteiger partial charge >= 0.3 is 0 Å². The van der Waals surface area contributed by atoms with E-state index in [4.69, 9.17) is 4.74 Å². The number of hydrogen-bond donors (Lipinski definition) is 0. The van der Waals surface area contributed by atoms with Crippen LogP contribution in [-0.4, -0.2) is 36.7 Å². The van der Waals surface area contributed by atoms with Gasteiger partial charge in [-0.25, -0.2) is 4.98 Å². The standard InChI is InChI=1S/C13H22N2OS/c1-10(2)13-14-12(9-17-13)7-15(3)6-11-4-5-16-8-11/h9-11H,4-8H2,1-3H3. The molecule has 17 heavy (non-hydrogen) atoms. The van der Waals surface area contributed by atoms with Crippen LogP contribution in [0.3, 0.4) is 0 Å². The zero-order chi connectivity index (χ0) is 12.3. The summed E-state index contributed by atoms with van der Waals surface area (Å²) in [6.45, 7) is 8.34. The predicted octanol–water partition coefficient (Wildman–Crippen LogP) is 2.73. The Bertz CT molecular complexity index is 345. The molecule has 0 bridgehead atoms. The van der Waals surface area contributed by atoms with Crippen LogP contribution in [0.5, 0.6) is 0 Å². The minimum absolute atomic E-state index is 0.544. The van der Waals surface area contributed by atoms with E-state index >= 15 is 0 Å². The van der Waals surface area contributed by atoms with E-state index < -0.39 is 0 Å². The lowest BCUT2D eigenvalue weighted by Gasteiger charge is -2.18. The van der Waals surface area contributed by atoms with Crippen molar-refractivity contribution in [1.29, 1.82) is 0 Å². The summed E-state index contributed by atoms with van der Waals surface area (Å²) in [5.74, 6) is 1.26. The second kappa shape index (κ2) is 5.94. The fourth-order valence-corrected chi connectivity index (χ4v) is 3.00. The number of ether oxygens (including phenoxy) is 1. The smallest absolute Gasteiger partial charge is 0.0954 e. The average molecular weight is 254 g/mol. The highest BCUT2D eigenvalue weighted by Crippen LogP contribution is 2.20. The first-order valence-corrected chi connectivity index (χ1v) is 7.23. The molecule has 0 aromatic carbocycles. The fraction of sp³-hybridized carbons (Fsp3) is 0.769. The third-order valence-electron chi connectivity index (χ3n) is 3.09. The van der Waals surface area contributed by atoms with Gasteiger partial charge in [0.25, 0.3) is 0 Å². The molecular formula is C13H22N2OS. The first-order chi connectivity index (χ1) is 8.15. The maximum absolute atomic E-state index is 5.40. The molecule has 0 spiro atoms. The van der Waals surface area contributed by atoms with Gasteiger partial charge in [0.05, 0.1) is 17.3 Å². The third-order valence-corrected chi connectivity index (χ3v) is 4.28. The van der Waals surface area contributed by atoms with Crippen molar-refractivity contribution >= 4 is 11.3 Å². The van der Waals surface area contributed by atoms with E-state index in [1.807, 2.05) is 0 Å². The fourth-order valence-electron chi connectivity index (χ4n) is 2.17. The van der Waals surface area contributed by atoms with Crippen molar-refractivity contribution in [3.63, 3.8) is 0 Å². The van der Waals surface area contributed by atoms with Gasteiger partial charge in [-0.15, -0.1) is 11.3 Å². The van der Waals surface area contributed by atoms with Crippen molar-refractivity contribution in [3.8, 4) is 0 Å². The van der Waals surface area contributed by atoms with Crippen LogP contribution in [0.15, 0.2) is 5.38 Å². The summed E-state index contributed by atoms with van der Waals surface area (Å²) in [5.41, 5.74) is 1.21. The number of thiazole rings is 1. The van der Waals surface area contributed by atoms with Crippen molar-refractivity contribution in [2.45, 2.75) is 32.7 Å². The highest BCUT2D eigenvalue weighted by Gasteiger charge is 2.18. The summed E-state index contributed by atoms with van der Waals surface area (Å²) in [6.07, 6.45) is 1.21. The molecule has 0 N–H and O–H groups in total. The van der Waals surface area contributed by atoms with E-state index in [0.29, 0.717) is 11.8 Å². The normalized spacial score (nSPS) is 20.6. The molecule has 0 saturated carbocycles. The van der Waals surface area contributed by atoms with E-state index in [0.717, 1.165) is 26.3 Å². The molecule has 1 atom stereocenters. The third kappa shape index (κ3) is 3.76. The molecule has 1 unspecified atom stereocenters. The second-order valence-corrected chi connectivity index (χ2v) is 6.15. The zero-order valence-corrected chi connectivity index (χ0v) is 11.8. The summed E-state index contributed by atoms with van der Waals surface area (Å²) in [7, 11) is 2.17. The Kier molecular flexibility index (Phi) is 4.54. The zero-order valence-electron chi connectivity index (χ0n) is 11.0. The van der Waals surface area contributed by atoms with E-state index in [2.05, 4.69) is 36.2 Å². The van der Waals surface area contributed by atoms with Gasteiger partial charge in [0.15, 0.2) is 0 Å². The van der Waals surface area contributed by atoms with Gasteiger partial charge < -0.3 is 9.64 Å². The molecule has 0 aliphatic carbocycles. The Hall–Kier alpha value is -0.450. The van der Waals surface area contributed by atoms with Gasteiger partial charge in [0, 0.05) is 31.0 Å². The Morgan fingerprint density at radius 3 is 3.00 bits per heavy atom. The number of aromatic nitrogens is 1. The predicted molar refractivity (Wildman–Crippen MR) is 71.5 cm³/mol. The lowest BCUT2D eigenvalue weighted by atomic mass is 10.1. The van der Waals surface area contributed by atoms with Crippen molar-refractivity contribution in [2.75, 3.05) is 26.8 Å². The molecule has 1 aliphatic heterocycles. The molecular weight excluding hydrogens is 232 g/mol. The van der Waals surface area contributed by atoms with Crippen LogP contribution in [0.1, 0.15) is 36.9 Å². The lowest BCUT2D eigenvalue weighted by molar-refractivity contribution is 0.172. The SMILES string of the molecule is CC(C)c1nc(CN(C)CC2CCOC2)cs1. The molecule has 1 fully saturated rings. The average Bonchev–Trinajstić information content (AvgIpc) is 2.88. The first kappa shape index (κ1) is 13.0. The Labute approximate surface area is 108 Å². The molecule has 2 rings (SSSR count). The lowest BCUT2D eigenvalue weighted by Crippen LogP contribution is -2.25. The second-order valence-electron chi connectivity index (χ2n) is 5.26. The van der Waals surface area contributed by atoms with Gasteiger partial charge in [-0.3, -0.25) is 0 Å². The maximum Gasteiger partial charge on any atom is 0.0954 e. The summed E-state index contributed by atoms with van der Waals surface area (Å²) >= 11 is 1.78. The summed E-state index contributed by atoms with van der Waals surface area (Å²) in [5, 5.41) is 3.44. The highest BCUT2D eigenvalue weighted by molar-refractivity contribution is 7.09. The van der Waals surface area contributed by atoms with Gasteiger partial charge in [0.1, 0.15) is 0 Å². The molecule has 2 heterocycles. The molecule has 3 nitrogen and oxygen atoms in total. The summed E-state index contributed by atoms with van der Waals surface area (Å²) < 4.78 is 5.40. The van der Waals surface area contributed by atoms with Crippen LogP contribution in [-0.2, 0) is 11.3 Å². The minimum atomic E-state index is 0.544. The largest absolute Gasteiger partial charge is 0.381 e. The van der Waals surface area contributed by atoms with E-state index in [9.17, 15) is 0 Å². The Morgan fingerprint density at radius 1 is 1.59 bits per heavy atom. The molecule has 1 aliphatic rings. The molecule has 1 saturated heterocycles. The van der Waals surface area contributed by atoms with Crippen molar-refractivity contribution in [2.24, 2.45) is 5.92 Å². The van der Waals surface area contributed by atoms with E-state index in [1.165, 1.54) is 17.1 Å². The van der Waals surface area contributed by atoms with Gasteiger partial charge in [-0.05, 0) is 19.4 Å². The van der Waals surface area contributed by atoms with Crippen LogP contribution in [0.4, 0.5) is 0 Å². The highest BCUT2D eigenvalue weighted by atomic mass is 32.1. The van der Waals surface area contributed by atoms with Crippen molar-refractivity contribution in [1.82, 2.24) is 9.88 Å². The Morgan fingerprint density at radius 2 is 2.41 bits per heavy atom. The minimum Gasteiger partial charge on any atom is -0.381 e. The summed E-state index contributed by atoms with van der Waals surface area (Å²) in [6, 6.07) is 0. The van der Waals surface area contributed by atoms with Crippen LogP contribution in [0.2, 0.25) is 0 Å². The van der Waals surface area contributed by atoms with Gasteiger partial charge in [0.2, 0.25) is 0 Å². The Balaban J connectivity index is 1.82. The van der Waals surface area contributed by atoms with Crippen LogP contribution in [0.25, 0.3) is 0 Å². The quantitative estimate of drug-likeness (QED) is 0.808. The first-order valence-electron chi connectivity index (χ1n) is 6.35. The molecule has 4 heteroatoms. The van der Waals surface area contributed by atoms with Crippen LogP contribution >= 0.6 is 11.3 Å². The summed E-state index contributed by atoms with van der Waals surface area (Å²) in [4.78, 5) is 7.03. The van der Waals surface area contributed by atoms with E-state index in [-0.39, 0.29) is 0 Å². The molecule has 1 aromatic rings.